The largest absolute Gasteiger partial charge is 0.342 e. The van der Waals surface area contributed by atoms with Gasteiger partial charge in [-0.2, -0.15) is 0 Å². The van der Waals surface area contributed by atoms with Crippen molar-refractivity contribution < 1.29 is 4.79 Å². The molecule has 0 aromatic rings. The van der Waals surface area contributed by atoms with Gasteiger partial charge in [-0.25, -0.2) is 0 Å². The Hall–Kier alpha value is -0.530. The maximum Gasteiger partial charge on any atom is 0.209 e. The zero-order chi connectivity index (χ0) is 8.39. The van der Waals surface area contributed by atoms with Gasteiger partial charge >= 0.3 is 0 Å². The van der Waals surface area contributed by atoms with E-state index in [1.54, 1.807) is 0 Å². The molecular formula is C10H17NO. The van der Waals surface area contributed by atoms with Crippen molar-refractivity contribution in [2.24, 2.45) is 5.92 Å². The maximum atomic E-state index is 10.7. The van der Waals surface area contributed by atoms with Gasteiger partial charge in [-0.05, 0) is 31.6 Å². The molecule has 1 saturated heterocycles. The molecule has 2 rings (SSSR count). The van der Waals surface area contributed by atoms with E-state index in [4.69, 9.17) is 0 Å². The molecule has 0 spiro atoms. The molecule has 1 amide bonds. The van der Waals surface area contributed by atoms with Gasteiger partial charge in [0.2, 0.25) is 6.41 Å². The number of carbonyl (C=O) groups excluding carboxylic acids is 1. The first-order valence-corrected chi connectivity index (χ1v) is 5.13. The molecule has 0 aromatic carbocycles. The number of rotatable bonds is 1. The quantitative estimate of drug-likeness (QED) is 0.545. The highest BCUT2D eigenvalue weighted by Crippen LogP contribution is 2.34. The first-order chi connectivity index (χ1) is 5.92. The van der Waals surface area contributed by atoms with Gasteiger partial charge in [0.05, 0.1) is 0 Å². The fourth-order valence-electron chi connectivity index (χ4n) is 2.79. The maximum absolute atomic E-state index is 10.7. The summed E-state index contributed by atoms with van der Waals surface area (Å²) < 4.78 is 0. The number of hydrogen-bond donors (Lipinski definition) is 0. The van der Waals surface area contributed by atoms with E-state index in [0.29, 0.717) is 6.04 Å². The number of amides is 1. The molecule has 1 saturated carbocycles. The molecule has 0 radical (unpaired) electrons. The number of fused-ring (bicyclic) bond motifs is 1. The molecule has 2 aliphatic rings. The number of nitrogens with zero attached hydrogens (tertiary/aromatic N) is 1. The Kier molecular flexibility index (Phi) is 2.33. The van der Waals surface area contributed by atoms with Gasteiger partial charge in [-0.1, -0.05) is 12.8 Å². The van der Waals surface area contributed by atoms with E-state index in [-0.39, 0.29) is 0 Å². The molecule has 0 unspecified atom stereocenters. The van der Waals surface area contributed by atoms with E-state index < -0.39 is 0 Å². The highest BCUT2D eigenvalue weighted by molar-refractivity contribution is 5.48. The van der Waals surface area contributed by atoms with Gasteiger partial charge in [-0.15, -0.1) is 0 Å². The Balaban J connectivity index is 2.03. The molecule has 68 valence electrons. The summed E-state index contributed by atoms with van der Waals surface area (Å²) in [7, 11) is 0. The van der Waals surface area contributed by atoms with Crippen molar-refractivity contribution in [1.82, 2.24) is 4.90 Å². The first kappa shape index (κ1) is 8.09. The van der Waals surface area contributed by atoms with Crippen LogP contribution in [-0.4, -0.2) is 23.9 Å². The average molecular weight is 167 g/mol. The highest BCUT2D eigenvalue weighted by atomic mass is 16.1. The lowest BCUT2D eigenvalue weighted by atomic mass is 9.78. The minimum Gasteiger partial charge on any atom is -0.342 e. The van der Waals surface area contributed by atoms with E-state index in [1.165, 1.54) is 38.5 Å². The Labute approximate surface area is 73.9 Å². The fourth-order valence-corrected chi connectivity index (χ4v) is 2.79. The van der Waals surface area contributed by atoms with Crippen LogP contribution in [0.1, 0.15) is 38.5 Å². The lowest BCUT2D eigenvalue weighted by Gasteiger charge is -2.42. The third kappa shape index (κ3) is 1.35. The molecule has 12 heavy (non-hydrogen) atoms. The third-order valence-electron chi connectivity index (χ3n) is 3.42. The van der Waals surface area contributed by atoms with Crippen molar-refractivity contribution in [2.45, 2.75) is 44.6 Å². The van der Waals surface area contributed by atoms with Crippen LogP contribution in [0.5, 0.6) is 0 Å². The minimum atomic E-state index is 0.602. The molecule has 0 aromatic heterocycles. The average Bonchev–Trinajstić information content (AvgIpc) is 2.17. The summed E-state index contributed by atoms with van der Waals surface area (Å²) >= 11 is 0. The molecule has 2 atom stereocenters. The number of hydrogen-bond acceptors (Lipinski definition) is 1. The summed E-state index contributed by atoms with van der Waals surface area (Å²) in [5, 5.41) is 0. The molecule has 0 N–H and O–H groups in total. The molecule has 1 aliphatic carbocycles. The predicted molar refractivity (Wildman–Crippen MR) is 47.8 cm³/mol. The van der Waals surface area contributed by atoms with E-state index in [9.17, 15) is 4.79 Å². The molecule has 2 nitrogen and oxygen atoms in total. The predicted octanol–water partition coefficient (Wildman–Crippen LogP) is 1.80. The van der Waals surface area contributed by atoms with Crippen LogP contribution in [-0.2, 0) is 4.79 Å². The van der Waals surface area contributed by atoms with Crippen LogP contribution in [0.4, 0.5) is 0 Å². The summed E-state index contributed by atoms with van der Waals surface area (Å²) in [4.78, 5) is 12.8. The second-order valence-corrected chi connectivity index (χ2v) is 4.10. The normalized spacial score (nSPS) is 35.8. The first-order valence-electron chi connectivity index (χ1n) is 5.13. The van der Waals surface area contributed by atoms with E-state index in [1.807, 2.05) is 4.90 Å². The van der Waals surface area contributed by atoms with Crippen LogP contribution in [0.15, 0.2) is 0 Å². The number of likely N-dealkylation sites (tertiary alicyclic amines) is 1. The summed E-state index contributed by atoms with van der Waals surface area (Å²) in [5.74, 6) is 0.831. The Morgan fingerprint density at radius 2 is 1.83 bits per heavy atom. The molecule has 2 heteroatoms. The fraction of sp³-hybridized carbons (Fsp3) is 0.900. The summed E-state index contributed by atoms with van der Waals surface area (Å²) in [6.07, 6.45) is 8.95. The van der Waals surface area contributed by atoms with Gasteiger partial charge in [0, 0.05) is 12.6 Å². The monoisotopic (exact) mass is 167 g/mol. The molecule has 0 bridgehead atoms. The van der Waals surface area contributed by atoms with Crippen LogP contribution >= 0.6 is 0 Å². The molecule has 1 heterocycles. The summed E-state index contributed by atoms with van der Waals surface area (Å²) in [5.41, 5.74) is 0. The van der Waals surface area contributed by atoms with Crippen LogP contribution in [0.25, 0.3) is 0 Å². The SMILES string of the molecule is O=CN1CCC[C@H]2CCCC[C@H]21. The molecular weight excluding hydrogens is 150 g/mol. The lowest BCUT2D eigenvalue weighted by Crippen LogP contribution is -2.45. The Morgan fingerprint density at radius 1 is 1.08 bits per heavy atom. The van der Waals surface area contributed by atoms with E-state index in [2.05, 4.69) is 0 Å². The van der Waals surface area contributed by atoms with Crippen molar-refractivity contribution in [3.63, 3.8) is 0 Å². The Morgan fingerprint density at radius 3 is 2.67 bits per heavy atom. The number of carbonyl (C=O) groups is 1. The minimum absolute atomic E-state index is 0.602. The van der Waals surface area contributed by atoms with Crippen molar-refractivity contribution >= 4 is 6.41 Å². The van der Waals surface area contributed by atoms with Crippen LogP contribution in [0.2, 0.25) is 0 Å². The standard InChI is InChI=1S/C10H17NO/c12-8-11-7-3-5-9-4-1-2-6-10(9)11/h8-10H,1-7H2/t9-,10-/m1/s1. The zero-order valence-corrected chi connectivity index (χ0v) is 7.54. The second kappa shape index (κ2) is 3.46. The van der Waals surface area contributed by atoms with Crippen LogP contribution in [0.3, 0.4) is 0 Å². The van der Waals surface area contributed by atoms with Crippen LogP contribution in [0, 0.1) is 5.92 Å². The smallest absolute Gasteiger partial charge is 0.209 e. The second-order valence-electron chi connectivity index (χ2n) is 4.10. The van der Waals surface area contributed by atoms with Crippen molar-refractivity contribution in [3.05, 3.63) is 0 Å². The lowest BCUT2D eigenvalue weighted by molar-refractivity contribution is -0.123. The molecule has 2 fully saturated rings. The van der Waals surface area contributed by atoms with Crippen molar-refractivity contribution in [3.8, 4) is 0 Å². The summed E-state index contributed by atoms with van der Waals surface area (Å²) in [6, 6.07) is 0.602. The van der Waals surface area contributed by atoms with Gasteiger partial charge in [0.1, 0.15) is 0 Å². The topological polar surface area (TPSA) is 20.3 Å². The molecule has 1 aliphatic heterocycles. The third-order valence-corrected chi connectivity index (χ3v) is 3.42. The number of piperidine rings is 1. The van der Waals surface area contributed by atoms with Crippen LogP contribution < -0.4 is 0 Å². The van der Waals surface area contributed by atoms with E-state index in [0.717, 1.165) is 18.9 Å². The van der Waals surface area contributed by atoms with Gasteiger partial charge in [0.15, 0.2) is 0 Å². The van der Waals surface area contributed by atoms with Gasteiger partial charge in [0.25, 0.3) is 0 Å². The Bertz CT molecular complexity index is 167. The van der Waals surface area contributed by atoms with Crippen molar-refractivity contribution in [2.75, 3.05) is 6.54 Å². The van der Waals surface area contributed by atoms with Gasteiger partial charge in [-0.3, -0.25) is 4.79 Å². The van der Waals surface area contributed by atoms with Crippen molar-refractivity contribution in [1.29, 1.82) is 0 Å². The van der Waals surface area contributed by atoms with Gasteiger partial charge < -0.3 is 4.90 Å². The summed E-state index contributed by atoms with van der Waals surface area (Å²) in [6.45, 7) is 1.00. The zero-order valence-electron chi connectivity index (χ0n) is 7.54. The highest BCUT2D eigenvalue weighted by Gasteiger charge is 2.32. The van der Waals surface area contributed by atoms with E-state index >= 15 is 0 Å².